The minimum absolute atomic E-state index is 0. The predicted octanol–water partition coefficient (Wildman–Crippen LogP) is 3.57. The zero-order valence-electron chi connectivity index (χ0n) is 12.9. The van der Waals surface area contributed by atoms with Gasteiger partial charge >= 0.3 is 12.1 Å². The molecule has 130 valence electrons. The van der Waals surface area contributed by atoms with E-state index in [9.17, 15) is 18.0 Å². The van der Waals surface area contributed by atoms with Crippen LogP contribution in [0, 0.1) is 0 Å². The average molecular weight is 352 g/mol. The third-order valence-electron chi connectivity index (χ3n) is 4.11. The Morgan fingerprint density at radius 3 is 2.26 bits per heavy atom. The lowest BCUT2D eigenvalue weighted by Crippen LogP contribution is -2.50. The lowest BCUT2D eigenvalue weighted by molar-refractivity contribution is -0.158. The van der Waals surface area contributed by atoms with E-state index < -0.39 is 18.1 Å². The number of nitrogens with zero attached hydrogens (tertiary/aromatic N) is 1. The Balaban J connectivity index is 0.00000264. The zero-order valence-corrected chi connectivity index (χ0v) is 13.8. The van der Waals surface area contributed by atoms with E-state index in [-0.39, 0.29) is 38.1 Å². The molecule has 1 heterocycles. The van der Waals surface area contributed by atoms with Gasteiger partial charge in [-0.05, 0) is 38.4 Å². The summed E-state index contributed by atoms with van der Waals surface area (Å²) in [5, 5.41) is 0. The molecule has 0 aromatic heterocycles. The van der Waals surface area contributed by atoms with Crippen LogP contribution < -0.4 is 0 Å². The SMILES string of the molecule is CCOC(=O)C1(c2ccccc2)CCN(CC(F)(F)F)CC1.Cl. The maximum Gasteiger partial charge on any atom is 0.401 e. The number of rotatable bonds is 4. The van der Waals surface area contributed by atoms with E-state index in [0.29, 0.717) is 12.8 Å². The fraction of sp³-hybridized carbons (Fsp3) is 0.562. The van der Waals surface area contributed by atoms with Crippen molar-refractivity contribution in [2.45, 2.75) is 31.4 Å². The molecule has 0 atom stereocenters. The molecule has 1 saturated heterocycles. The van der Waals surface area contributed by atoms with Crippen molar-refractivity contribution in [3.05, 3.63) is 35.9 Å². The van der Waals surface area contributed by atoms with E-state index in [1.165, 1.54) is 4.90 Å². The van der Waals surface area contributed by atoms with Crippen molar-refractivity contribution in [2.24, 2.45) is 0 Å². The third-order valence-corrected chi connectivity index (χ3v) is 4.11. The van der Waals surface area contributed by atoms with Crippen molar-refractivity contribution >= 4 is 18.4 Å². The van der Waals surface area contributed by atoms with Gasteiger partial charge in [-0.2, -0.15) is 13.2 Å². The number of alkyl halides is 3. The first-order valence-electron chi connectivity index (χ1n) is 7.39. The van der Waals surface area contributed by atoms with Gasteiger partial charge in [-0.3, -0.25) is 9.69 Å². The Hall–Kier alpha value is -1.27. The lowest BCUT2D eigenvalue weighted by atomic mass is 9.72. The van der Waals surface area contributed by atoms with Crippen LogP contribution in [0.3, 0.4) is 0 Å². The number of likely N-dealkylation sites (tertiary alicyclic amines) is 1. The van der Waals surface area contributed by atoms with Crippen molar-refractivity contribution < 1.29 is 22.7 Å². The van der Waals surface area contributed by atoms with Crippen molar-refractivity contribution in [1.82, 2.24) is 4.90 Å². The monoisotopic (exact) mass is 351 g/mol. The molecule has 1 aliphatic heterocycles. The van der Waals surface area contributed by atoms with Crippen LogP contribution in [0.5, 0.6) is 0 Å². The molecule has 7 heteroatoms. The first kappa shape index (κ1) is 19.8. The average Bonchev–Trinajstić information content (AvgIpc) is 2.48. The van der Waals surface area contributed by atoms with Crippen LogP contribution in [0.1, 0.15) is 25.3 Å². The van der Waals surface area contributed by atoms with E-state index in [4.69, 9.17) is 4.74 Å². The molecule has 1 fully saturated rings. The van der Waals surface area contributed by atoms with Gasteiger partial charge in [0.05, 0.1) is 18.6 Å². The van der Waals surface area contributed by atoms with Gasteiger partial charge in [0.15, 0.2) is 0 Å². The highest BCUT2D eigenvalue weighted by atomic mass is 35.5. The van der Waals surface area contributed by atoms with Gasteiger partial charge in [0.25, 0.3) is 0 Å². The minimum Gasteiger partial charge on any atom is -0.465 e. The van der Waals surface area contributed by atoms with Crippen LogP contribution in [0.4, 0.5) is 13.2 Å². The second-order valence-electron chi connectivity index (χ2n) is 5.56. The molecule has 0 amide bonds. The summed E-state index contributed by atoms with van der Waals surface area (Å²) in [5.74, 6) is -0.340. The molecule has 1 aliphatic rings. The molecule has 1 aromatic carbocycles. The molecular weight excluding hydrogens is 331 g/mol. The minimum atomic E-state index is -4.21. The summed E-state index contributed by atoms with van der Waals surface area (Å²) >= 11 is 0. The zero-order chi connectivity index (χ0) is 16.2. The van der Waals surface area contributed by atoms with E-state index >= 15 is 0 Å². The number of halogens is 4. The van der Waals surface area contributed by atoms with Gasteiger partial charge in [0, 0.05) is 0 Å². The first-order valence-corrected chi connectivity index (χ1v) is 7.39. The Labute approximate surface area is 140 Å². The maximum atomic E-state index is 12.5. The normalized spacial score (nSPS) is 18.1. The molecule has 0 N–H and O–H groups in total. The predicted molar refractivity (Wildman–Crippen MR) is 83.7 cm³/mol. The van der Waals surface area contributed by atoms with Crippen LogP contribution in [0.2, 0.25) is 0 Å². The second kappa shape index (κ2) is 8.02. The summed E-state index contributed by atoms with van der Waals surface area (Å²) in [4.78, 5) is 13.8. The van der Waals surface area contributed by atoms with Crippen molar-refractivity contribution in [1.29, 1.82) is 0 Å². The van der Waals surface area contributed by atoms with Gasteiger partial charge < -0.3 is 4.74 Å². The first-order chi connectivity index (χ1) is 10.4. The summed E-state index contributed by atoms with van der Waals surface area (Å²) in [6, 6.07) is 9.20. The third kappa shape index (κ3) is 4.85. The van der Waals surface area contributed by atoms with Crippen LogP contribution in [0.25, 0.3) is 0 Å². The molecular formula is C16H21ClF3NO2. The largest absolute Gasteiger partial charge is 0.465 e. The van der Waals surface area contributed by atoms with Crippen LogP contribution in [-0.4, -0.2) is 43.3 Å². The number of piperidine rings is 1. The van der Waals surface area contributed by atoms with Crippen molar-refractivity contribution in [3.63, 3.8) is 0 Å². The molecule has 0 spiro atoms. The number of carbonyl (C=O) groups is 1. The van der Waals surface area contributed by atoms with Crippen LogP contribution in [0.15, 0.2) is 30.3 Å². The number of ether oxygens (including phenoxy) is 1. The Morgan fingerprint density at radius 2 is 1.78 bits per heavy atom. The number of benzene rings is 1. The highest BCUT2D eigenvalue weighted by Gasteiger charge is 2.45. The molecule has 0 saturated carbocycles. The standard InChI is InChI=1S/C16H20F3NO2.ClH/c1-2-22-14(21)15(13-6-4-3-5-7-13)8-10-20(11-9-15)12-16(17,18)19;/h3-7H,2,8-12H2,1H3;1H. The fourth-order valence-electron chi connectivity index (χ4n) is 2.98. The van der Waals surface area contributed by atoms with E-state index in [1.54, 1.807) is 6.92 Å². The molecule has 0 bridgehead atoms. The van der Waals surface area contributed by atoms with Gasteiger partial charge in [-0.1, -0.05) is 30.3 Å². The van der Waals surface area contributed by atoms with Crippen molar-refractivity contribution in [3.8, 4) is 0 Å². The number of esters is 1. The number of carbonyl (C=O) groups excluding carboxylic acids is 1. The molecule has 0 radical (unpaired) electrons. The van der Waals surface area contributed by atoms with Crippen molar-refractivity contribution in [2.75, 3.05) is 26.2 Å². The lowest BCUT2D eigenvalue weighted by Gasteiger charge is -2.40. The quantitative estimate of drug-likeness (QED) is 0.777. The molecule has 2 rings (SSSR count). The summed E-state index contributed by atoms with van der Waals surface area (Å²) in [7, 11) is 0. The number of hydrogen-bond acceptors (Lipinski definition) is 3. The van der Waals surface area contributed by atoms with E-state index in [1.807, 2.05) is 30.3 Å². The van der Waals surface area contributed by atoms with Crippen LogP contribution in [-0.2, 0) is 14.9 Å². The van der Waals surface area contributed by atoms with E-state index in [2.05, 4.69) is 0 Å². The van der Waals surface area contributed by atoms with Gasteiger partial charge in [0.2, 0.25) is 0 Å². The summed E-state index contributed by atoms with van der Waals surface area (Å²) in [6.07, 6.45) is -3.53. The van der Waals surface area contributed by atoms with Gasteiger partial charge in [0.1, 0.15) is 0 Å². The van der Waals surface area contributed by atoms with Gasteiger partial charge in [-0.25, -0.2) is 0 Å². The Morgan fingerprint density at radius 1 is 1.22 bits per heavy atom. The molecule has 23 heavy (non-hydrogen) atoms. The highest BCUT2D eigenvalue weighted by Crippen LogP contribution is 2.37. The topological polar surface area (TPSA) is 29.5 Å². The number of hydrogen-bond donors (Lipinski definition) is 0. The summed E-state index contributed by atoms with van der Waals surface area (Å²) < 4.78 is 42.7. The maximum absolute atomic E-state index is 12.5. The molecule has 1 aromatic rings. The molecule has 0 unspecified atom stereocenters. The Bertz CT molecular complexity index is 500. The molecule has 3 nitrogen and oxygen atoms in total. The second-order valence-corrected chi connectivity index (χ2v) is 5.56. The highest BCUT2D eigenvalue weighted by molar-refractivity contribution is 5.85. The fourth-order valence-corrected chi connectivity index (χ4v) is 2.98. The van der Waals surface area contributed by atoms with E-state index in [0.717, 1.165) is 5.56 Å². The summed E-state index contributed by atoms with van der Waals surface area (Å²) in [6.45, 7) is 1.52. The smallest absolute Gasteiger partial charge is 0.401 e. The molecule has 0 aliphatic carbocycles. The van der Waals surface area contributed by atoms with Gasteiger partial charge in [-0.15, -0.1) is 12.4 Å². The Kier molecular flexibility index (Phi) is 6.89. The van der Waals surface area contributed by atoms with Crippen LogP contribution >= 0.6 is 12.4 Å². The summed E-state index contributed by atoms with van der Waals surface area (Å²) in [5.41, 5.74) is -0.0144.